The summed E-state index contributed by atoms with van der Waals surface area (Å²) in [5.74, 6) is 0.803. The lowest BCUT2D eigenvalue weighted by Crippen LogP contribution is -2.12. The summed E-state index contributed by atoms with van der Waals surface area (Å²) in [5, 5.41) is 0. The van der Waals surface area contributed by atoms with E-state index in [0.29, 0.717) is 0 Å². The van der Waals surface area contributed by atoms with Gasteiger partial charge in [0.1, 0.15) is 6.33 Å². The van der Waals surface area contributed by atoms with Gasteiger partial charge in [0.2, 0.25) is 0 Å². The molecule has 1 aliphatic carbocycles. The first-order chi connectivity index (χ1) is 5.36. The summed E-state index contributed by atoms with van der Waals surface area (Å²) >= 11 is 0. The van der Waals surface area contributed by atoms with E-state index >= 15 is 0 Å². The first-order valence-electron chi connectivity index (χ1n) is 4.14. The lowest BCUT2D eigenvalue weighted by atomic mass is 9.89. The maximum atomic E-state index is 4.26. The molecule has 11 heavy (non-hydrogen) atoms. The Morgan fingerprint density at radius 2 is 2.45 bits per heavy atom. The molecule has 1 aliphatic rings. The molecule has 0 saturated carbocycles. The van der Waals surface area contributed by atoms with E-state index < -0.39 is 0 Å². The van der Waals surface area contributed by atoms with Crippen molar-refractivity contribution < 1.29 is 0 Å². The quantitative estimate of drug-likeness (QED) is 0.558. The first-order valence-corrected chi connectivity index (χ1v) is 4.14. The number of hydrogen-bond donors (Lipinski definition) is 0. The average Bonchev–Trinajstić information content (AvgIpc) is 2.04. The van der Waals surface area contributed by atoms with Crippen molar-refractivity contribution in [3.8, 4) is 0 Å². The second-order valence-corrected chi connectivity index (χ2v) is 3.34. The van der Waals surface area contributed by atoms with Crippen LogP contribution in [0, 0.1) is 5.92 Å². The van der Waals surface area contributed by atoms with Gasteiger partial charge in [0, 0.05) is 11.9 Å². The highest BCUT2D eigenvalue weighted by Crippen LogP contribution is 2.21. The molecule has 0 unspecified atom stereocenters. The molecule has 58 valence electrons. The van der Waals surface area contributed by atoms with Crippen LogP contribution in [0.25, 0.3) is 0 Å². The van der Waals surface area contributed by atoms with Crippen molar-refractivity contribution in [2.75, 3.05) is 0 Å². The van der Waals surface area contributed by atoms with Crippen LogP contribution in [-0.2, 0) is 12.8 Å². The van der Waals surface area contributed by atoms with Crippen LogP contribution in [0.5, 0.6) is 0 Å². The van der Waals surface area contributed by atoms with Crippen molar-refractivity contribution in [3.63, 3.8) is 0 Å². The van der Waals surface area contributed by atoms with E-state index in [9.17, 15) is 0 Å². The molecule has 0 N–H and O–H groups in total. The average molecular weight is 148 g/mol. The third-order valence-electron chi connectivity index (χ3n) is 2.33. The van der Waals surface area contributed by atoms with Crippen LogP contribution < -0.4 is 0 Å². The largest absolute Gasteiger partial charge is 0.245 e. The lowest BCUT2D eigenvalue weighted by molar-refractivity contribution is 0.490. The van der Waals surface area contributed by atoms with E-state index in [1.165, 1.54) is 17.7 Å². The third-order valence-corrected chi connectivity index (χ3v) is 2.33. The Morgan fingerprint density at radius 3 is 3.36 bits per heavy atom. The third kappa shape index (κ3) is 1.25. The predicted octanol–water partition coefficient (Wildman–Crippen LogP) is 1.60. The van der Waals surface area contributed by atoms with Gasteiger partial charge >= 0.3 is 0 Å². The molecule has 1 heterocycles. The van der Waals surface area contributed by atoms with Gasteiger partial charge in [0.25, 0.3) is 0 Å². The molecule has 0 aromatic carbocycles. The Hall–Kier alpha value is -0.920. The number of fused-ring (bicyclic) bond motifs is 1. The molecule has 0 radical (unpaired) electrons. The van der Waals surface area contributed by atoms with Crippen LogP contribution >= 0.6 is 0 Å². The Bertz CT molecular complexity index is 257. The van der Waals surface area contributed by atoms with Crippen molar-refractivity contribution >= 4 is 0 Å². The number of aryl methyl sites for hydroxylation is 1. The van der Waals surface area contributed by atoms with E-state index in [2.05, 4.69) is 16.9 Å². The number of aromatic nitrogens is 2. The molecule has 0 bridgehead atoms. The fraction of sp³-hybridized carbons (Fsp3) is 0.556. The van der Waals surface area contributed by atoms with Gasteiger partial charge in [-0.1, -0.05) is 6.92 Å². The van der Waals surface area contributed by atoms with Gasteiger partial charge in [-0.3, -0.25) is 0 Å². The molecular weight excluding hydrogens is 136 g/mol. The highest BCUT2D eigenvalue weighted by atomic mass is 14.8. The molecular formula is C9H12N2. The standard InChI is InChI=1S/C9H12N2/c1-7-2-3-8-5-10-6-11-9(8)4-7/h5-7H,2-4H2,1H3/t7-/m1/s1. The Morgan fingerprint density at radius 1 is 1.55 bits per heavy atom. The highest BCUT2D eigenvalue weighted by Gasteiger charge is 2.15. The molecule has 0 fully saturated rings. The Kier molecular flexibility index (Phi) is 1.60. The summed E-state index contributed by atoms with van der Waals surface area (Å²) < 4.78 is 0. The Balaban J connectivity index is 2.34. The van der Waals surface area contributed by atoms with Crippen LogP contribution in [0.1, 0.15) is 24.6 Å². The van der Waals surface area contributed by atoms with Crippen molar-refractivity contribution in [1.29, 1.82) is 0 Å². The number of nitrogens with zero attached hydrogens (tertiary/aromatic N) is 2. The molecule has 2 rings (SSSR count). The fourth-order valence-corrected chi connectivity index (χ4v) is 1.61. The highest BCUT2D eigenvalue weighted by molar-refractivity contribution is 5.19. The zero-order valence-corrected chi connectivity index (χ0v) is 6.75. The van der Waals surface area contributed by atoms with Crippen LogP contribution in [0.2, 0.25) is 0 Å². The molecule has 2 heteroatoms. The summed E-state index contributed by atoms with van der Waals surface area (Å²) in [6.07, 6.45) is 7.20. The second-order valence-electron chi connectivity index (χ2n) is 3.34. The van der Waals surface area contributed by atoms with Gasteiger partial charge in [0.05, 0.1) is 0 Å². The van der Waals surface area contributed by atoms with Gasteiger partial charge in [-0.15, -0.1) is 0 Å². The second kappa shape index (κ2) is 2.61. The summed E-state index contributed by atoms with van der Waals surface area (Å²) in [6.45, 7) is 2.28. The molecule has 0 aliphatic heterocycles. The minimum atomic E-state index is 0.803. The number of rotatable bonds is 0. The first kappa shape index (κ1) is 6.77. The monoisotopic (exact) mass is 148 g/mol. The Labute approximate surface area is 66.7 Å². The van der Waals surface area contributed by atoms with Gasteiger partial charge in [-0.2, -0.15) is 0 Å². The fourth-order valence-electron chi connectivity index (χ4n) is 1.61. The molecule has 0 spiro atoms. The summed E-state index contributed by atoms with van der Waals surface area (Å²) in [4.78, 5) is 8.27. The summed E-state index contributed by atoms with van der Waals surface area (Å²) in [6, 6.07) is 0. The van der Waals surface area contributed by atoms with Crippen LogP contribution in [-0.4, -0.2) is 9.97 Å². The minimum absolute atomic E-state index is 0.803. The van der Waals surface area contributed by atoms with Crippen molar-refractivity contribution in [3.05, 3.63) is 23.8 Å². The van der Waals surface area contributed by atoms with Crippen molar-refractivity contribution in [1.82, 2.24) is 9.97 Å². The van der Waals surface area contributed by atoms with Gasteiger partial charge in [-0.05, 0) is 30.7 Å². The smallest absolute Gasteiger partial charge is 0.115 e. The molecule has 2 nitrogen and oxygen atoms in total. The lowest BCUT2D eigenvalue weighted by Gasteiger charge is -2.18. The van der Waals surface area contributed by atoms with Crippen LogP contribution in [0.15, 0.2) is 12.5 Å². The van der Waals surface area contributed by atoms with Crippen LogP contribution in [0.4, 0.5) is 0 Å². The molecule has 0 saturated heterocycles. The van der Waals surface area contributed by atoms with E-state index in [1.807, 2.05) is 6.20 Å². The SMILES string of the molecule is C[C@@H]1CCc2cncnc2C1. The zero-order valence-electron chi connectivity index (χ0n) is 6.75. The van der Waals surface area contributed by atoms with E-state index in [0.717, 1.165) is 18.8 Å². The molecule has 1 atom stereocenters. The summed E-state index contributed by atoms with van der Waals surface area (Å²) in [7, 11) is 0. The van der Waals surface area contributed by atoms with E-state index in [1.54, 1.807) is 6.33 Å². The topological polar surface area (TPSA) is 25.8 Å². The summed E-state index contributed by atoms with van der Waals surface area (Å²) in [5.41, 5.74) is 2.62. The predicted molar refractivity (Wildman–Crippen MR) is 43.2 cm³/mol. The molecule has 1 aromatic heterocycles. The molecule has 0 amide bonds. The van der Waals surface area contributed by atoms with Gasteiger partial charge < -0.3 is 0 Å². The van der Waals surface area contributed by atoms with Crippen LogP contribution in [0.3, 0.4) is 0 Å². The van der Waals surface area contributed by atoms with E-state index in [4.69, 9.17) is 0 Å². The van der Waals surface area contributed by atoms with Crippen molar-refractivity contribution in [2.45, 2.75) is 26.2 Å². The van der Waals surface area contributed by atoms with Gasteiger partial charge in [-0.25, -0.2) is 9.97 Å². The molecule has 1 aromatic rings. The maximum absolute atomic E-state index is 4.26. The normalized spacial score (nSPS) is 22.8. The van der Waals surface area contributed by atoms with Gasteiger partial charge in [0.15, 0.2) is 0 Å². The van der Waals surface area contributed by atoms with Crippen molar-refractivity contribution in [2.24, 2.45) is 5.92 Å². The minimum Gasteiger partial charge on any atom is -0.245 e. The van der Waals surface area contributed by atoms with E-state index in [-0.39, 0.29) is 0 Å². The zero-order chi connectivity index (χ0) is 7.68. The number of hydrogen-bond acceptors (Lipinski definition) is 2. The maximum Gasteiger partial charge on any atom is 0.115 e.